The van der Waals surface area contributed by atoms with Crippen LogP contribution in [-0.2, 0) is 21.7 Å². The van der Waals surface area contributed by atoms with Gasteiger partial charge in [0, 0.05) is 62.8 Å². The van der Waals surface area contributed by atoms with Gasteiger partial charge in [-0.3, -0.25) is 8.51 Å². The second-order valence-electron chi connectivity index (χ2n) is 2.86. The van der Waals surface area contributed by atoms with Gasteiger partial charge >= 0.3 is 0 Å². The van der Waals surface area contributed by atoms with Gasteiger partial charge < -0.3 is 10.2 Å². The summed E-state index contributed by atoms with van der Waals surface area (Å²) in [6.07, 6.45) is 1.67. The van der Waals surface area contributed by atoms with E-state index in [1.165, 1.54) is 0 Å². The van der Waals surface area contributed by atoms with Crippen molar-refractivity contribution in [3.63, 3.8) is 0 Å². The van der Waals surface area contributed by atoms with Crippen molar-refractivity contribution in [3.05, 3.63) is 36.5 Å². The van der Waals surface area contributed by atoms with Gasteiger partial charge in [0.25, 0.3) is 0 Å². The molecule has 0 fully saturated rings. The number of para-hydroxylation sites is 1. The van der Waals surface area contributed by atoms with E-state index < -0.39 is 0 Å². The number of nitrogens with zero attached hydrogens (tertiary/aromatic N) is 1. The zero-order valence-electron chi connectivity index (χ0n) is 10.4. The second-order valence-corrected chi connectivity index (χ2v) is 3.94. The molecule has 0 spiro atoms. The van der Waals surface area contributed by atoms with Crippen LogP contribution in [0.3, 0.4) is 0 Å². The zero-order chi connectivity index (χ0) is 13.1. The van der Waals surface area contributed by atoms with Crippen LogP contribution in [0.5, 0.6) is 5.75 Å². The predicted octanol–water partition coefficient (Wildman–Crippen LogP) is 2.49. The Bertz CT molecular complexity index is 422. The van der Waals surface area contributed by atoms with Crippen molar-refractivity contribution in [2.75, 3.05) is 13.7 Å². The minimum Gasteiger partial charge on any atom is -0.506 e. The Balaban J connectivity index is 0. The first-order chi connectivity index (χ1) is 8.21. The van der Waals surface area contributed by atoms with E-state index in [4.69, 9.17) is 5.11 Å². The monoisotopic (exact) mass is 396 g/mol. The molecule has 1 aromatic heterocycles. The molecule has 0 bridgehead atoms. The van der Waals surface area contributed by atoms with Gasteiger partial charge in [-0.05, 0) is 26.1 Å². The predicted molar refractivity (Wildman–Crippen MR) is 79.2 cm³/mol. The number of halogens is 1. The number of fused-ring (bicyclic) bond motifs is 1. The number of aliphatic hydroxyl groups is 1. The van der Waals surface area contributed by atoms with Crippen molar-refractivity contribution in [2.45, 2.75) is 6.92 Å². The molecule has 4 nitrogen and oxygen atoms in total. The van der Waals surface area contributed by atoms with Crippen LogP contribution in [0.1, 0.15) is 6.92 Å². The minimum atomic E-state index is 0. The number of hydrogen-bond acceptors (Lipinski definition) is 4. The molecule has 0 aliphatic carbocycles. The Kier molecular flexibility index (Phi) is 14.8. The van der Waals surface area contributed by atoms with Gasteiger partial charge in [-0.2, -0.15) is 0 Å². The molecular formula is C12H17IN2O2Ti. The molecule has 0 atom stereocenters. The Morgan fingerprint density at radius 3 is 2.28 bits per heavy atom. The molecule has 0 aliphatic rings. The van der Waals surface area contributed by atoms with Gasteiger partial charge in [-0.1, -0.05) is 18.2 Å². The largest absolute Gasteiger partial charge is 0.506 e. The standard InChI is InChI=1S/C9H7NO.C2H6O.CH4IN.Ti/c11-8-5-1-3-7-4-2-6-10-9(7)8;1-2-3;1-3-2;/h1-6,11H;3H,2H2,1H3;3H,1H3;. The van der Waals surface area contributed by atoms with E-state index in [1.54, 1.807) is 25.3 Å². The fourth-order valence-electron chi connectivity index (χ4n) is 1.09. The average Bonchev–Trinajstić information content (AvgIpc) is 2.32. The molecular weight excluding hydrogens is 379 g/mol. The fraction of sp³-hybridized carbons (Fsp3) is 0.250. The first-order valence-electron chi connectivity index (χ1n) is 5.12. The summed E-state index contributed by atoms with van der Waals surface area (Å²) in [5.41, 5.74) is 0.662. The van der Waals surface area contributed by atoms with Crippen LogP contribution in [0, 0.1) is 0 Å². The van der Waals surface area contributed by atoms with Crippen molar-refractivity contribution in [1.29, 1.82) is 0 Å². The normalized spacial score (nSPS) is 8.22. The summed E-state index contributed by atoms with van der Waals surface area (Å²) in [6.45, 7) is 1.93. The van der Waals surface area contributed by atoms with Crippen LogP contribution in [-0.4, -0.2) is 28.9 Å². The van der Waals surface area contributed by atoms with E-state index in [0.717, 1.165) is 5.39 Å². The Hall–Kier alpha value is -0.206. The van der Waals surface area contributed by atoms with Crippen LogP contribution in [0.4, 0.5) is 0 Å². The van der Waals surface area contributed by atoms with Gasteiger partial charge in [0.1, 0.15) is 11.3 Å². The molecule has 0 aliphatic heterocycles. The van der Waals surface area contributed by atoms with Gasteiger partial charge in [-0.15, -0.1) is 0 Å². The first kappa shape index (κ1) is 20.1. The number of phenols is 1. The third-order valence-corrected chi connectivity index (χ3v) is 1.61. The number of aliphatic hydroxyl groups excluding tert-OH is 1. The minimum absolute atomic E-state index is 0. The van der Waals surface area contributed by atoms with E-state index in [2.05, 4.69) is 8.51 Å². The number of benzene rings is 1. The van der Waals surface area contributed by atoms with Crippen molar-refractivity contribution in [2.24, 2.45) is 0 Å². The van der Waals surface area contributed by atoms with E-state index in [0.29, 0.717) is 5.52 Å². The van der Waals surface area contributed by atoms with Crippen LogP contribution in [0.25, 0.3) is 10.9 Å². The number of hydrogen-bond donors (Lipinski definition) is 3. The summed E-state index contributed by atoms with van der Waals surface area (Å²) < 4.78 is 2.72. The third kappa shape index (κ3) is 7.99. The Labute approximate surface area is 136 Å². The summed E-state index contributed by atoms with van der Waals surface area (Å²) in [5.74, 6) is 0.239. The summed E-state index contributed by atoms with van der Waals surface area (Å²) in [4.78, 5) is 4.03. The SMILES string of the molecule is CCO.CNI.Oc1cccc2cccnc12.[Ti]. The van der Waals surface area contributed by atoms with Gasteiger partial charge in [0.2, 0.25) is 0 Å². The Morgan fingerprint density at radius 1 is 1.28 bits per heavy atom. The quantitative estimate of drug-likeness (QED) is 0.364. The summed E-state index contributed by atoms with van der Waals surface area (Å²) in [7, 11) is 1.86. The van der Waals surface area contributed by atoms with Crippen molar-refractivity contribution in [1.82, 2.24) is 8.51 Å². The summed E-state index contributed by atoms with van der Waals surface area (Å²) >= 11 is 2.04. The van der Waals surface area contributed by atoms with Crippen LogP contribution < -0.4 is 3.53 Å². The molecule has 98 valence electrons. The maximum atomic E-state index is 9.31. The average molecular weight is 396 g/mol. The van der Waals surface area contributed by atoms with Gasteiger partial charge in [0.05, 0.1) is 0 Å². The van der Waals surface area contributed by atoms with Crippen molar-refractivity contribution in [3.8, 4) is 5.75 Å². The number of aromatic nitrogens is 1. The van der Waals surface area contributed by atoms with Crippen molar-refractivity contribution < 1.29 is 31.9 Å². The summed E-state index contributed by atoms with van der Waals surface area (Å²) in [5, 5.41) is 17.8. The molecule has 0 unspecified atom stereocenters. The molecule has 2 rings (SSSR count). The number of rotatable bonds is 0. The van der Waals surface area contributed by atoms with E-state index in [-0.39, 0.29) is 34.1 Å². The molecule has 0 radical (unpaired) electrons. The zero-order valence-corrected chi connectivity index (χ0v) is 14.1. The molecule has 0 amide bonds. The first-order valence-corrected chi connectivity index (χ1v) is 6.20. The number of aromatic hydroxyl groups is 1. The molecule has 6 heteroatoms. The second kappa shape index (κ2) is 13.2. The number of pyridine rings is 1. The van der Waals surface area contributed by atoms with Gasteiger partial charge in [0.15, 0.2) is 0 Å². The molecule has 0 saturated carbocycles. The topological polar surface area (TPSA) is 65.4 Å². The molecule has 1 aromatic carbocycles. The third-order valence-electron chi connectivity index (χ3n) is 1.61. The molecule has 1 heterocycles. The molecule has 18 heavy (non-hydrogen) atoms. The van der Waals surface area contributed by atoms with Crippen molar-refractivity contribution >= 4 is 33.8 Å². The molecule has 2 aromatic rings. The van der Waals surface area contributed by atoms with Crippen LogP contribution in [0.15, 0.2) is 36.5 Å². The van der Waals surface area contributed by atoms with Crippen LogP contribution in [0.2, 0.25) is 0 Å². The van der Waals surface area contributed by atoms with E-state index in [9.17, 15) is 5.11 Å². The van der Waals surface area contributed by atoms with Gasteiger partial charge in [-0.25, -0.2) is 0 Å². The molecule has 3 N–H and O–H groups in total. The maximum absolute atomic E-state index is 9.31. The van der Waals surface area contributed by atoms with Crippen LogP contribution >= 0.6 is 22.9 Å². The van der Waals surface area contributed by atoms with E-state index >= 15 is 0 Å². The number of nitrogens with one attached hydrogen (secondary N) is 1. The smallest absolute Gasteiger partial charge is 0.141 e. The van der Waals surface area contributed by atoms with E-state index in [1.807, 2.05) is 48.1 Å². The fourth-order valence-corrected chi connectivity index (χ4v) is 1.09. The Morgan fingerprint density at radius 2 is 1.78 bits per heavy atom. The molecule has 0 saturated heterocycles. The summed E-state index contributed by atoms with van der Waals surface area (Å²) in [6, 6.07) is 9.13. The maximum Gasteiger partial charge on any atom is 0.141 e. The number of phenolic OH excluding ortho intramolecular Hbond substituents is 1.